The maximum atomic E-state index is 13.3. The van der Waals surface area contributed by atoms with Gasteiger partial charge in [0.25, 0.3) is 10.0 Å². The predicted molar refractivity (Wildman–Crippen MR) is 80.8 cm³/mol. The van der Waals surface area contributed by atoms with Crippen LogP contribution in [0.2, 0.25) is 0 Å². The van der Waals surface area contributed by atoms with E-state index < -0.39 is 15.8 Å². The van der Waals surface area contributed by atoms with Crippen LogP contribution >= 0.6 is 11.3 Å². The SMILES string of the molecule is COc1cc(NS(=O)(=O)c2ccc(CCN)s2)ccc1F. The summed E-state index contributed by atoms with van der Waals surface area (Å²) in [6.45, 7) is 0.461. The van der Waals surface area contributed by atoms with Gasteiger partial charge in [-0.1, -0.05) is 0 Å². The maximum absolute atomic E-state index is 13.3. The van der Waals surface area contributed by atoms with Crippen LogP contribution in [0.1, 0.15) is 4.88 Å². The van der Waals surface area contributed by atoms with Gasteiger partial charge in [0.15, 0.2) is 11.6 Å². The largest absolute Gasteiger partial charge is 0.494 e. The van der Waals surface area contributed by atoms with Gasteiger partial charge in [-0.25, -0.2) is 12.8 Å². The molecular weight excluding hydrogens is 315 g/mol. The first-order chi connectivity index (χ1) is 9.96. The van der Waals surface area contributed by atoms with Gasteiger partial charge >= 0.3 is 0 Å². The number of nitrogens with one attached hydrogen (secondary N) is 1. The van der Waals surface area contributed by atoms with Crippen LogP contribution in [0.25, 0.3) is 0 Å². The van der Waals surface area contributed by atoms with Gasteiger partial charge < -0.3 is 10.5 Å². The molecule has 0 aliphatic heterocycles. The molecule has 1 aromatic heterocycles. The third kappa shape index (κ3) is 3.72. The lowest BCUT2D eigenvalue weighted by molar-refractivity contribution is 0.387. The molecule has 0 unspecified atom stereocenters. The highest BCUT2D eigenvalue weighted by Crippen LogP contribution is 2.27. The molecule has 0 saturated carbocycles. The van der Waals surface area contributed by atoms with Crippen molar-refractivity contribution in [3.05, 3.63) is 41.0 Å². The van der Waals surface area contributed by atoms with Crippen LogP contribution in [-0.2, 0) is 16.4 Å². The first-order valence-electron chi connectivity index (χ1n) is 6.11. The van der Waals surface area contributed by atoms with Gasteiger partial charge in [0, 0.05) is 10.9 Å². The summed E-state index contributed by atoms with van der Waals surface area (Å²) in [6, 6.07) is 7.03. The lowest BCUT2D eigenvalue weighted by Gasteiger charge is -2.08. The number of nitrogens with two attached hydrogens (primary N) is 1. The zero-order valence-corrected chi connectivity index (χ0v) is 12.9. The lowest BCUT2D eigenvalue weighted by Crippen LogP contribution is -2.11. The summed E-state index contributed by atoms with van der Waals surface area (Å²) < 4.78 is 45.2. The topological polar surface area (TPSA) is 81.4 Å². The van der Waals surface area contributed by atoms with Crippen LogP contribution in [-0.4, -0.2) is 22.1 Å². The average molecular weight is 330 g/mol. The highest BCUT2D eigenvalue weighted by molar-refractivity contribution is 7.94. The number of methoxy groups -OCH3 is 1. The van der Waals surface area contributed by atoms with Gasteiger partial charge in [0.05, 0.1) is 12.8 Å². The fourth-order valence-corrected chi connectivity index (χ4v) is 4.13. The fourth-order valence-electron chi connectivity index (χ4n) is 1.71. The van der Waals surface area contributed by atoms with Gasteiger partial charge in [-0.15, -0.1) is 11.3 Å². The Hall–Kier alpha value is -1.64. The number of benzene rings is 1. The summed E-state index contributed by atoms with van der Waals surface area (Å²) in [6.07, 6.45) is 0.630. The molecule has 114 valence electrons. The second-order valence-electron chi connectivity index (χ2n) is 4.21. The second-order valence-corrected chi connectivity index (χ2v) is 7.29. The van der Waals surface area contributed by atoms with E-state index in [-0.39, 0.29) is 15.6 Å². The number of ether oxygens (including phenoxy) is 1. The summed E-state index contributed by atoms with van der Waals surface area (Å²) in [5.74, 6) is -0.577. The molecule has 2 rings (SSSR count). The van der Waals surface area contributed by atoms with E-state index in [1.807, 2.05) is 0 Å². The van der Waals surface area contributed by atoms with Crippen molar-refractivity contribution in [2.24, 2.45) is 5.73 Å². The van der Waals surface area contributed by atoms with Gasteiger partial charge in [0.1, 0.15) is 4.21 Å². The molecule has 0 amide bonds. The zero-order chi connectivity index (χ0) is 15.5. The minimum absolute atomic E-state index is 0.0230. The number of halogens is 1. The van der Waals surface area contributed by atoms with E-state index in [2.05, 4.69) is 4.72 Å². The minimum Gasteiger partial charge on any atom is -0.494 e. The summed E-state index contributed by atoms with van der Waals surface area (Å²) >= 11 is 1.16. The molecule has 0 saturated heterocycles. The predicted octanol–water partition coefficient (Wildman–Crippen LogP) is 2.20. The highest BCUT2D eigenvalue weighted by atomic mass is 32.2. The van der Waals surface area contributed by atoms with Crippen LogP contribution in [0.15, 0.2) is 34.5 Å². The number of anilines is 1. The Morgan fingerprint density at radius 2 is 2.10 bits per heavy atom. The summed E-state index contributed by atoms with van der Waals surface area (Å²) in [5, 5.41) is 0. The van der Waals surface area contributed by atoms with Crippen LogP contribution < -0.4 is 15.2 Å². The number of hydrogen-bond acceptors (Lipinski definition) is 5. The van der Waals surface area contributed by atoms with Crippen molar-refractivity contribution in [3.63, 3.8) is 0 Å². The quantitative estimate of drug-likeness (QED) is 0.851. The van der Waals surface area contributed by atoms with E-state index in [1.165, 1.54) is 25.3 Å². The standard InChI is InChI=1S/C13H15FN2O3S2/c1-19-12-8-9(2-4-11(12)14)16-21(17,18)13-5-3-10(20-13)6-7-15/h2-5,8,16H,6-7,15H2,1H3. The van der Waals surface area contributed by atoms with Gasteiger partial charge in [-0.05, 0) is 37.2 Å². The van der Waals surface area contributed by atoms with Crippen molar-refractivity contribution in [3.8, 4) is 5.75 Å². The van der Waals surface area contributed by atoms with Crippen molar-refractivity contribution >= 4 is 27.0 Å². The Bertz CT molecular complexity index is 729. The molecule has 0 fully saturated rings. The molecule has 2 aromatic rings. The molecule has 1 aromatic carbocycles. The van der Waals surface area contributed by atoms with Gasteiger partial charge in [-0.3, -0.25) is 4.72 Å². The van der Waals surface area contributed by atoms with Gasteiger partial charge in [0.2, 0.25) is 0 Å². The smallest absolute Gasteiger partial charge is 0.271 e. The van der Waals surface area contributed by atoms with E-state index >= 15 is 0 Å². The second kappa shape index (κ2) is 6.42. The molecule has 8 heteroatoms. The Labute approximate surface area is 126 Å². The summed E-state index contributed by atoms with van der Waals surface area (Å²) in [4.78, 5) is 0.898. The van der Waals surface area contributed by atoms with Crippen molar-refractivity contribution in [2.45, 2.75) is 10.6 Å². The molecule has 5 nitrogen and oxygen atoms in total. The molecule has 1 heterocycles. The molecule has 0 spiro atoms. The van der Waals surface area contributed by atoms with Crippen molar-refractivity contribution in [2.75, 3.05) is 18.4 Å². The van der Waals surface area contributed by atoms with Crippen LogP contribution in [0.5, 0.6) is 5.75 Å². The summed E-state index contributed by atoms with van der Waals surface area (Å²) in [7, 11) is -2.38. The van der Waals surface area contributed by atoms with E-state index in [9.17, 15) is 12.8 Å². The number of thiophene rings is 1. The van der Waals surface area contributed by atoms with E-state index in [4.69, 9.17) is 10.5 Å². The minimum atomic E-state index is -3.70. The maximum Gasteiger partial charge on any atom is 0.271 e. The molecule has 0 aliphatic carbocycles. The van der Waals surface area contributed by atoms with Crippen LogP contribution in [0.3, 0.4) is 0 Å². The first kappa shape index (κ1) is 15.7. The normalized spacial score (nSPS) is 11.4. The highest BCUT2D eigenvalue weighted by Gasteiger charge is 2.17. The molecule has 21 heavy (non-hydrogen) atoms. The molecule has 3 N–H and O–H groups in total. The zero-order valence-electron chi connectivity index (χ0n) is 11.3. The summed E-state index contributed by atoms with van der Waals surface area (Å²) in [5.41, 5.74) is 5.68. The van der Waals surface area contributed by atoms with E-state index in [0.29, 0.717) is 13.0 Å². The van der Waals surface area contributed by atoms with Crippen molar-refractivity contribution in [1.29, 1.82) is 0 Å². The molecular formula is C13H15FN2O3S2. The Morgan fingerprint density at radius 1 is 1.33 bits per heavy atom. The third-order valence-corrected chi connectivity index (χ3v) is 5.71. The van der Waals surface area contributed by atoms with E-state index in [1.54, 1.807) is 6.07 Å². The van der Waals surface area contributed by atoms with Crippen LogP contribution in [0, 0.1) is 5.82 Å². The third-order valence-electron chi connectivity index (χ3n) is 2.70. The Balaban J connectivity index is 2.24. The molecule has 0 radical (unpaired) electrons. The first-order valence-corrected chi connectivity index (χ1v) is 8.41. The van der Waals surface area contributed by atoms with Crippen LogP contribution in [0.4, 0.5) is 10.1 Å². The fraction of sp³-hybridized carbons (Fsp3) is 0.231. The van der Waals surface area contributed by atoms with Crippen molar-refractivity contribution in [1.82, 2.24) is 0 Å². The molecule has 0 aliphatic rings. The molecule has 0 bridgehead atoms. The Kier molecular flexibility index (Phi) is 4.81. The average Bonchev–Trinajstić information content (AvgIpc) is 2.91. The monoisotopic (exact) mass is 330 g/mol. The lowest BCUT2D eigenvalue weighted by atomic mass is 10.3. The van der Waals surface area contributed by atoms with E-state index in [0.717, 1.165) is 22.3 Å². The number of rotatable bonds is 6. The van der Waals surface area contributed by atoms with Crippen molar-refractivity contribution < 1.29 is 17.5 Å². The number of hydrogen-bond donors (Lipinski definition) is 2. The Morgan fingerprint density at radius 3 is 2.76 bits per heavy atom. The number of sulfonamides is 1. The molecule has 0 atom stereocenters. The van der Waals surface area contributed by atoms with Gasteiger partial charge in [-0.2, -0.15) is 0 Å².